The van der Waals surface area contributed by atoms with Gasteiger partial charge in [-0.05, 0) is 56.7 Å². The van der Waals surface area contributed by atoms with Crippen LogP contribution in [0.2, 0.25) is 0 Å². The van der Waals surface area contributed by atoms with Crippen LogP contribution in [-0.4, -0.2) is 45.8 Å². The van der Waals surface area contributed by atoms with E-state index in [1.54, 1.807) is 35.7 Å². The fourth-order valence-electron chi connectivity index (χ4n) is 3.64. The van der Waals surface area contributed by atoms with E-state index in [1.165, 1.54) is 19.3 Å². The molecule has 2 rings (SSSR count). The Morgan fingerprint density at radius 2 is 1.90 bits per heavy atom. The zero-order chi connectivity index (χ0) is 21.1. The lowest BCUT2D eigenvalue weighted by molar-refractivity contribution is -0.138. The molecule has 29 heavy (non-hydrogen) atoms. The molecule has 1 aliphatic heterocycles. The predicted molar refractivity (Wildman–Crippen MR) is 118 cm³/mol. The minimum absolute atomic E-state index is 0.0554. The first-order valence-corrected chi connectivity index (χ1v) is 12.0. The number of esters is 1. The molecular weight excluding hydrogens is 386 g/mol. The Bertz CT molecular complexity index is 634. The fraction of sp³-hybridized carbons (Fsp3) is 0.652. The summed E-state index contributed by atoms with van der Waals surface area (Å²) < 4.78 is 5.00. The van der Waals surface area contributed by atoms with Gasteiger partial charge in [0.2, 0.25) is 5.91 Å². The second kappa shape index (κ2) is 12.9. The molecular formula is C23H35NO4S. The molecule has 6 heteroatoms. The molecule has 0 saturated carbocycles. The number of hydrogen-bond acceptors (Lipinski definition) is 5. The lowest BCUT2D eigenvalue weighted by Crippen LogP contribution is -2.41. The molecule has 1 heterocycles. The maximum atomic E-state index is 12.3. The Kier molecular flexibility index (Phi) is 10.6. The number of benzene rings is 1. The molecule has 1 N–H and O–H groups in total. The third-order valence-electron chi connectivity index (χ3n) is 5.27. The van der Waals surface area contributed by atoms with Crippen LogP contribution in [0.3, 0.4) is 0 Å². The van der Waals surface area contributed by atoms with E-state index in [4.69, 9.17) is 4.74 Å². The van der Waals surface area contributed by atoms with Gasteiger partial charge in [-0.3, -0.25) is 4.79 Å². The van der Waals surface area contributed by atoms with E-state index in [2.05, 4.69) is 6.92 Å². The highest BCUT2D eigenvalue weighted by Crippen LogP contribution is 2.31. The molecule has 2 unspecified atom stereocenters. The lowest BCUT2D eigenvalue weighted by atomic mass is 10.1. The summed E-state index contributed by atoms with van der Waals surface area (Å²) in [5.41, 5.74) is 1.73. The van der Waals surface area contributed by atoms with Gasteiger partial charge in [-0.25, -0.2) is 4.79 Å². The van der Waals surface area contributed by atoms with Crippen LogP contribution in [0, 0.1) is 0 Å². The van der Waals surface area contributed by atoms with Crippen LogP contribution in [0.1, 0.15) is 81.1 Å². The van der Waals surface area contributed by atoms with Crippen molar-refractivity contribution in [1.29, 1.82) is 0 Å². The van der Waals surface area contributed by atoms with Gasteiger partial charge in [0.25, 0.3) is 0 Å². The summed E-state index contributed by atoms with van der Waals surface area (Å²) in [6, 6.07) is 7.52. The highest BCUT2D eigenvalue weighted by atomic mass is 32.2. The molecule has 0 aliphatic carbocycles. The molecule has 1 saturated heterocycles. The predicted octanol–water partition coefficient (Wildman–Crippen LogP) is 4.77. The van der Waals surface area contributed by atoms with Gasteiger partial charge in [0.05, 0.1) is 23.3 Å². The molecule has 0 bridgehead atoms. The Morgan fingerprint density at radius 1 is 1.17 bits per heavy atom. The highest BCUT2D eigenvalue weighted by Gasteiger charge is 2.35. The number of carbonyl (C=O) groups is 2. The van der Waals surface area contributed by atoms with Crippen molar-refractivity contribution in [3.8, 4) is 0 Å². The van der Waals surface area contributed by atoms with Gasteiger partial charge in [-0.2, -0.15) is 0 Å². The number of thioether (sulfide) groups is 1. The summed E-state index contributed by atoms with van der Waals surface area (Å²) in [6.45, 7) is 4.36. The van der Waals surface area contributed by atoms with Crippen LogP contribution in [0.4, 0.5) is 0 Å². The molecule has 1 amide bonds. The van der Waals surface area contributed by atoms with Crippen molar-refractivity contribution < 1.29 is 19.4 Å². The zero-order valence-corrected chi connectivity index (χ0v) is 18.6. The monoisotopic (exact) mass is 421 g/mol. The molecule has 1 aliphatic rings. The van der Waals surface area contributed by atoms with Crippen LogP contribution in [-0.2, 0) is 16.0 Å². The van der Waals surface area contributed by atoms with Crippen LogP contribution >= 0.6 is 11.8 Å². The molecule has 1 fully saturated rings. The van der Waals surface area contributed by atoms with Gasteiger partial charge in [-0.1, -0.05) is 44.7 Å². The average molecular weight is 422 g/mol. The van der Waals surface area contributed by atoms with Crippen LogP contribution in [0.25, 0.3) is 0 Å². The first kappa shape index (κ1) is 23.7. The molecule has 0 aromatic heterocycles. The molecule has 5 nitrogen and oxygen atoms in total. The zero-order valence-electron chi connectivity index (χ0n) is 17.8. The van der Waals surface area contributed by atoms with E-state index < -0.39 is 6.23 Å². The van der Waals surface area contributed by atoms with Crippen molar-refractivity contribution in [1.82, 2.24) is 4.90 Å². The topological polar surface area (TPSA) is 66.8 Å². The van der Waals surface area contributed by atoms with Crippen molar-refractivity contribution in [3.63, 3.8) is 0 Å². The van der Waals surface area contributed by atoms with Gasteiger partial charge >= 0.3 is 5.97 Å². The Labute approximate surface area is 179 Å². The second-order valence-electron chi connectivity index (χ2n) is 7.56. The van der Waals surface area contributed by atoms with E-state index in [-0.39, 0.29) is 17.3 Å². The van der Waals surface area contributed by atoms with E-state index in [1.807, 2.05) is 12.1 Å². The van der Waals surface area contributed by atoms with E-state index in [9.17, 15) is 14.7 Å². The van der Waals surface area contributed by atoms with Crippen LogP contribution < -0.4 is 0 Å². The Hall–Kier alpha value is -1.53. The number of aliphatic hydroxyl groups excluding tert-OH is 1. The number of hydrogen-bond donors (Lipinski definition) is 1. The minimum Gasteiger partial charge on any atom is -0.462 e. The molecule has 1 aromatic carbocycles. The van der Waals surface area contributed by atoms with Crippen molar-refractivity contribution >= 4 is 23.6 Å². The maximum Gasteiger partial charge on any atom is 0.338 e. The molecule has 0 spiro atoms. The number of ether oxygens (including phenoxy) is 1. The number of nitrogens with zero attached hydrogens (tertiary/aromatic N) is 1. The van der Waals surface area contributed by atoms with Crippen molar-refractivity contribution in [2.24, 2.45) is 0 Å². The maximum absolute atomic E-state index is 12.3. The lowest BCUT2D eigenvalue weighted by Gasteiger charge is -2.29. The fourth-order valence-corrected chi connectivity index (χ4v) is 4.87. The first-order chi connectivity index (χ1) is 14.1. The number of carbonyl (C=O) groups excluding carboxylic acids is 2. The largest absolute Gasteiger partial charge is 0.462 e. The molecule has 162 valence electrons. The summed E-state index contributed by atoms with van der Waals surface area (Å²) >= 11 is 1.64. The Morgan fingerprint density at radius 3 is 2.59 bits per heavy atom. The standard InChI is InChI=1S/C23H35NO4S/c1-3-5-6-7-8-11-20(25)24-21(26)17-29-22(24)12-9-10-18-13-15-19(16-14-18)23(27)28-4-2/h13-16,20,22,25H,3-12,17H2,1-2H3. The van der Waals surface area contributed by atoms with E-state index >= 15 is 0 Å². The van der Waals surface area contributed by atoms with E-state index in [0.717, 1.165) is 37.7 Å². The quantitative estimate of drug-likeness (QED) is 0.367. The summed E-state index contributed by atoms with van der Waals surface area (Å²) in [6.07, 6.45) is 8.42. The number of amides is 1. The number of aliphatic hydroxyl groups is 1. The number of unbranched alkanes of at least 4 members (excludes halogenated alkanes) is 4. The van der Waals surface area contributed by atoms with Gasteiger partial charge in [0.15, 0.2) is 0 Å². The summed E-state index contributed by atoms with van der Waals surface area (Å²) in [4.78, 5) is 25.7. The van der Waals surface area contributed by atoms with Gasteiger partial charge in [0, 0.05) is 0 Å². The van der Waals surface area contributed by atoms with Crippen LogP contribution in [0.5, 0.6) is 0 Å². The smallest absolute Gasteiger partial charge is 0.338 e. The first-order valence-electron chi connectivity index (χ1n) is 10.9. The van der Waals surface area contributed by atoms with Gasteiger partial charge in [-0.15, -0.1) is 11.8 Å². The van der Waals surface area contributed by atoms with E-state index in [0.29, 0.717) is 24.3 Å². The second-order valence-corrected chi connectivity index (χ2v) is 8.73. The third-order valence-corrected chi connectivity index (χ3v) is 6.53. The highest BCUT2D eigenvalue weighted by molar-refractivity contribution is 8.00. The minimum atomic E-state index is -0.659. The van der Waals surface area contributed by atoms with Crippen molar-refractivity contribution in [3.05, 3.63) is 35.4 Å². The van der Waals surface area contributed by atoms with Gasteiger partial charge in [0.1, 0.15) is 6.23 Å². The Balaban J connectivity index is 1.76. The summed E-state index contributed by atoms with van der Waals surface area (Å²) in [5.74, 6) is 0.227. The van der Waals surface area contributed by atoms with Crippen LogP contribution in [0.15, 0.2) is 24.3 Å². The number of rotatable bonds is 13. The summed E-state index contributed by atoms with van der Waals surface area (Å²) in [7, 11) is 0. The average Bonchev–Trinajstić information content (AvgIpc) is 3.09. The normalized spacial score (nSPS) is 17.6. The van der Waals surface area contributed by atoms with Crippen molar-refractivity contribution in [2.75, 3.05) is 12.4 Å². The summed E-state index contributed by atoms with van der Waals surface area (Å²) in [5, 5.41) is 10.6. The van der Waals surface area contributed by atoms with Crippen molar-refractivity contribution in [2.45, 2.75) is 83.2 Å². The molecule has 2 atom stereocenters. The number of aryl methyl sites for hydroxylation is 1. The third kappa shape index (κ3) is 7.67. The SMILES string of the molecule is CCCCCCCC(O)N1C(=O)CSC1CCCc1ccc(C(=O)OCC)cc1. The molecule has 1 aromatic rings. The molecule has 0 radical (unpaired) electrons. The van der Waals surface area contributed by atoms with Gasteiger partial charge < -0.3 is 14.7 Å².